The summed E-state index contributed by atoms with van der Waals surface area (Å²) in [5.74, 6) is 0.116. The average Bonchev–Trinajstić information content (AvgIpc) is 2.52. The second-order valence-electron chi connectivity index (χ2n) is 5.64. The largest absolute Gasteiger partial charge is 0.493 e. The average molecular weight is 323 g/mol. The van der Waals surface area contributed by atoms with Crippen molar-refractivity contribution in [3.63, 3.8) is 0 Å². The van der Waals surface area contributed by atoms with E-state index in [0.29, 0.717) is 24.3 Å². The lowest BCUT2D eigenvalue weighted by atomic mass is 9.99. The number of carboxylic acids is 1. The Morgan fingerprint density at radius 2 is 1.83 bits per heavy atom. The lowest BCUT2D eigenvalue weighted by Gasteiger charge is -2.17. The van der Waals surface area contributed by atoms with Gasteiger partial charge in [0.25, 0.3) is 0 Å². The summed E-state index contributed by atoms with van der Waals surface area (Å²) >= 11 is 0. The van der Waals surface area contributed by atoms with Crippen LogP contribution in [0, 0.1) is 5.92 Å². The molecule has 23 heavy (non-hydrogen) atoms. The summed E-state index contributed by atoms with van der Waals surface area (Å²) in [6.07, 6.45) is 1.04. The van der Waals surface area contributed by atoms with Gasteiger partial charge in [-0.05, 0) is 37.5 Å². The van der Waals surface area contributed by atoms with E-state index in [2.05, 4.69) is 5.32 Å². The highest BCUT2D eigenvalue weighted by Gasteiger charge is 2.17. The molecule has 6 heteroatoms. The second-order valence-corrected chi connectivity index (χ2v) is 5.64. The number of amides is 1. The van der Waals surface area contributed by atoms with E-state index < -0.39 is 5.97 Å². The van der Waals surface area contributed by atoms with Crippen LogP contribution < -0.4 is 14.8 Å². The van der Waals surface area contributed by atoms with Gasteiger partial charge in [0.05, 0.1) is 14.2 Å². The van der Waals surface area contributed by atoms with Crippen molar-refractivity contribution in [1.82, 2.24) is 5.32 Å². The van der Waals surface area contributed by atoms with E-state index in [4.69, 9.17) is 14.6 Å². The van der Waals surface area contributed by atoms with Crippen molar-refractivity contribution in [2.75, 3.05) is 14.2 Å². The van der Waals surface area contributed by atoms with Crippen molar-refractivity contribution in [2.24, 2.45) is 5.92 Å². The highest BCUT2D eigenvalue weighted by atomic mass is 16.5. The molecule has 0 saturated heterocycles. The highest BCUT2D eigenvalue weighted by molar-refractivity contribution is 5.79. The molecular weight excluding hydrogens is 298 g/mol. The van der Waals surface area contributed by atoms with Crippen LogP contribution in [0.15, 0.2) is 18.2 Å². The fraction of sp³-hybridized carbons (Fsp3) is 0.529. The highest BCUT2D eigenvalue weighted by Crippen LogP contribution is 2.28. The Morgan fingerprint density at radius 1 is 1.17 bits per heavy atom. The predicted molar refractivity (Wildman–Crippen MR) is 86.9 cm³/mol. The number of carbonyl (C=O) groups is 2. The molecule has 6 nitrogen and oxygen atoms in total. The van der Waals surface area contributed by atoms with Crippen LogP contribution in [0.25, 0.3) is 0 Å². The zero-order valence-electron chi connectivity index (χ0n) is 14.1. The minimum atomic E-state index is -0.857. The Hall–Kier alpha value is -2.24. The second kappa shape index (κ2) is 9.02. The third kappa shape index (κ3) is 6.18. The predicted octanol–water partition coefficient (Wildman–Crippen LogP) is 2.25. The van der Waals surface area contributed by atoms with Gasteiger partial charge in [0.1, 0.15) is 0 Å². The maximum absolute atomic E-state index is 12.2. The van der Waals surface area contributed by atoms with Gasteiger partial charge in [0.15, 0.2) is 11.5 Å². The standard InChI is InChI=1S/C17H25NO5/c1-11(17(21)18-12(2)5-8-16(19)20)9-13-6-7-14(22-3)15(10-13)23-4/h6-7,10-12H,5,8-9H2,1-4H3,(H,18,21)(H,19,20). The number of benzene rings is 1. The van der Waals surface area contributed by atoms with Crippen molar-refractivity contribution in [3.8, 4) is 11.5 Å². The summed E-state index contributed by atoms with van der Waals surface area (Å²) in [5.41, 5.74) is 0.975. The molecule has 0 aliphatic rings. The zero-order valence-corrected chi connectivity index (χ0v) is 14.1. The van der Waals surface area contributed by atoms with Crippen LogP contribution in [0.2, 0.25) is 0 Å². The maximum atomic E-state index is 12.2. The number of nitrogens with one attached hydrogen (secondary N) is 1. The van der Waals surface area contributed by atoms with Crippen molar-refractivity contribution < 1.29 is 24.2 Å². The third-order valence-corrected chi connectivity index (χ3v) is 3.62. The van der Waals surface area contributed by atoms with Crippen LogP contribution in [0.4, 0.5) is 0 Å². The monoisotopic (exact) mass is 323 g/mol. The van der Waals surface area contributed by atoms with Crippen molar-refractivity contribution in [1.29, 1.82) is 0 Å². The van der Waals surface area contributed by atoms with Gasteiger partial charge in [0.2, 0.25) is 5.91 Å². The van der Waals surface area contributed by atoms with E-state index in [-0.39, 0.29) is 24.3 Å². The summed E-state index contributed by atoms with van der Waals surface area (Å²) in [7, 11) is 3.15. The van der Waals surface area contributed by atoms with Gasteiger partial charge in [-0.15, -0.1) is 0 Å². The normalized spacial score (nSPS) is 13.0. The first kappa shape index (κ1) is 18.8. The van der Waals surface area contributed by atoms with Crippen molar-refractivity contribution in [3.05, 3.63) is 23.8 Å². The number of hydrogen-bond donors (Lipinski definition) is 2. The molecule has 1 aromatic rings. The van der Waals surface area contributed by atoms with E-state index in [0.717, 1.165) is 5.56 Å². The van der Waals surface area contributed by atoms with Gasteiger partial charge in [-0.1, -0.05) is 13.0 Å². The Morgan fingerprint density at radius 3 is 2.39 bits per heavy atom. The maximum Gasteiger partial charge on any atom is 0.303 e. The molecule has 0 aliphatic heterocycles. The summed E-state index contributed by atoms with van der Waals surface area (Å²) in [6, 6.07) is 5.41. The van der Waals surface area contributed by atoms with E-state index in [9.17, 15) is 9.59 Å². The van der Waals surface area contributed by atoms with E-state index in [1.807, 2.05) is 32.0 Å². The van der Waals surface area contributed by atoms with E-state index in [1.54, 1.807) is 14.2 Å². The molecule has 128 valence electrons. The minimum Gasteiger partial charge on any atom is -0.493 e. The first-order valence-corrected chi connectivity index (χ1v) is 7.60. The summed E-state index contributed by atoms with van der Waals surface area (Å²) in [5, 5.41) is 11.5. The summed E-state index contributed by atoms with van der Waals surface area (Å²) in [6.45, 7) is 3.65. The number of methoxy groups -OCH3 is 2. The molecule has 0 spiro atoms. The Bertz CT molecular complexity index is 544. The molecule has 0 heterocycles. The van der Waals surface area contributed by atoms with Crippen LogP contribution in [-0.4, -0.2) is 37.2 Å². The van der Waals surface area contributed by atoms with Gasteiger partial charge < -0.3 is 19.9 Å². The van der Waals surface area contributed by atoms with Gasteiger partial charge >= 0.3 is 5.97 Å². The molecule has 0 radical (unpaired) electrons. The fourth-order valence-electron chi connectivity index (χ4n) is 2.25. The van der Waals surface area contributed by atoms with Crippen LogP contribution in [0.3, 0.4) is 0 Å². The number of rotatable bonds is 9. The summed E-state index contributed by atoms with van der Waals surface area (Å²) < 4.78 is 10.4. The number of ether oxygens (including phenoxy) is 2. The molecule has 2 N–H and O–H groups in total. The quantitative estimate of drug-likeness (QED) is 0.728. The van der Waals surface area contributed by atoms with Gasteiger partial charge in [-0.2, -0.15) is 0 Å². The van der Waals surface area contributed by atoms with Crippen molar-refractivity contribution in [2.45, 2.75) is 39.2 Å². The third-order valence-electron chi connectivity index (χ3n) is 3.62. The van der Waals surface area contributed by atoms with Gasteiger partial charge in [-0.25, -0.2) is 0 Å². The fourth-order valence-corrected chi connectivity index (χ4v) is 2.25. The van der Waals surface area contributed by atoms with E-state index >= 15 is 0 Å². The molecule has 0 fully saturated rings. The first-order chi connectivity index (χ1) is 10.9. The smallest absolute Gasteiger partial charge is 0.303 e. The summed E-state index contributed by atoms with van der Waals surface area (Å²) in [4.78, 5) is 22.7. The molecule has 1 amide bonds. The topological polar surface area (TPSA) is 84.9 Å². The first-order valence-electron chi connectivity index (χ1n) is 7.60. The molecule has 0 aromatic heterocycles. The van der Waals surface area contributed by atoms with Gasteiger partial charge in [-0.3, -0.25) is 9.59 Å². The minimum absolute atomic E-state index is 0.0471. The molecule has 2 unspecified atom stereocenters. The molecule has 0 bridgehead atoms. The van der Waals surface area contributed by atoms with Crippen molar-refractivity contribution >= 4 is 11.9 Å². The number of carbonyl (C=O) groups excluding carboxylic acids is 1. The molecule has 0 saturated carbocycles. The lowest BCUT2D eigenvalue weighted by molar-refractivity contribution is -0.137. The molecular formula is C17H25NO5. The molecule has 2 atom stereocenters. The van der Waals surface area contributed by atoms with Crippen LogP contribution in [0.1, 0.15) is 32.3 Å². The van der Waals surface area contributed by atoms with Gasteiger partial charge in [0, 0.05) is 18.4 Å². The Balaban J connectivity index is 2.59. The Kier molecular flexibility index (Phi) is 7.38. The van der Waals surface area contributed by atoms with Crippen LogP contribution in [-0.2, 0) is 16.0 Å². The van der Waals surface area contributed by atoms with Crippen LogP contribution >= 0.6 is 0 Å². The number of carboxylic acid groups (broad SMARTS) is 1. The number of aliphatic carboxylic acids is 1. The lowest BCUT2D eigenvalue weighted by Crippen LogP contribution is -2.37. The van der Waals surface area contributed by atoms with E-state index in [1.165, 1.54) is 0 Å². The molecule has 1 aromatic carbocycles. The van der Waals surface area contributed by atoms with Crippen LogP contribution in [0.5, 0.6) is 11.5 Å². The number of hydrogen-bond acceptors (Lipinski definition) is 4. The zero-order chi connectivity index (χ0) is 17.4. The molecule has 0 aliphatic carbocycles. The Labute approximate surface area is 136 Å². The molecule has 1 rings (SSSR count). The SMILES string of the molecule is COc1ccc(CC(C)C(=O)NC(C)CCC(=O)O)cc1OC.